The molecule has 0 fully saturated rings. The van der Waals surface area contributed by atoms with Gasteiger partial charge in [-0.3, -0.25) is 0 Å². The van der Waals surface area contributed by atoms with E-state index in [1.165, 1.54) is 14.2 Å². The van der Waals surface area contributed by atoms with Gasteiger partial charge in [0.05, 0.1) is 22.9 Å². The van der Waals surface area contributed by atoms with Gasteiger partial charge in [0.2, 0.25) is 0 Å². The highest BCUT2D eigenvalue weighted by molar-refractivity contribution is 7.16. The molecule has 0 atom stereocenters. The van der Waals surface area contributed by atoms with Crippen LogP contribution >= 0.6 is 11.3 Å². The molecule has 0 amide bonds. The highest BCUT2D eigenvalue weighted by Gasteiger charge is 2.18. The van der Waals surface area contributed by atoms with Crippen LogP contribution in [0.4, 0.5) is 10.7 Å². The van der Waals surface area contributed by atoms with Gasteiger partial charge in [0.15, 0.2) is 0 Å². The average molecular weight is 358 g/mol. The molecule has 3 aromatic rings. The van der Waals surface area contributed by atoms with Crippen LogP contribution < -0.4 is 16.3 Å². The lowest BCUT2D eigenvalue weighted by Crippen LogP contribution is -2.25. The highest BCUT2D eigenvalue weighted by Crippen LogP contribution is 2.31. The van der Waals surface area contributed by atoms with Gasteiger partial charge in [0, 0.05) is 19.0 Å². The maximum atomic E-state index is 12.3. The Morgan fingerprint density at radius 3 is 2.64 bits per heavy atom. The van der Waals surface area contributed by atoms with E-state index in [1.807, 2.05) is 26.1 Å². The number of rotatable bonds is 5. The molecule has 2 heterocycles. The molecule has 0 radical (unpaired) electrons. The second-order valence-corrected chi connectivity index (χ2v) is 7.22. The van der Waals surface area contributed by atoms with Crippen molar-refractivity contribution < 1.29 is 0 Å². The Kier molecular flexibility index (Phi) is 4.63. The Morgan fingerprint density at radius 1 is 1.32 bits per heavy atom. The van der Waals surface area contributed by atoms with Gasteiger partial charge in [-0.05, 0) is 47.0 Å². The maximum absolute atomic E-state index is 12.3. The Labute approximate surface area is 150 Å². The van der Waals surface area contributed by atoms with Crippen LogP contribution in [0.1, 0.15) is 22.9 Å². The summed E-state index contributed by atoms with van der Waals surface area (Å²) in [5.41, 5.74) is 9.70. The number of anilines is 2. The summed E-state index contributed by atoms with van der Waals surface area (Å²) < 4.78 is 2.57. The molecule has 0 aliphatic rings. The smallest absolute Gasteiger partial charge is 0.368 e. The van der Waals surface area contributed by atoms with E-state index in [4.69, 9.17) is 5.73 Å². The lowest BCUT2D eigenvalue weighted by Gasteiger charge is -2.24. The van der Waals surface area contributed by atoms with Crippen molar-refractivity contribution in [2.75, 3.05) is 17.7 Å². The van der Waals surface area contributed by atoms with Gasteiger partial charge in [0.1, 0.15) is 0 Å². The number of nitrogen functional groups attached to an aromatic ring is 1. The molecule has 0 aliphatic heterocycles. The molecule has 1 aromatic carbocycles. The van der Waals surface area contributed by atoms with Crippen molar-refractivity contribution in [2.45, 2.75) is 26.8 Å². The maximum Gasteiger partial charge on any atom is 0.368 e. The summed E-state index contributed by atoms with van der Waals surface area (Å²) in [5.74, 6) is 0. The van der Waals surface area contributed by atoms with Crippen LogP contribution in [-0.2, 0) is 20.0 Å². The van der Waals surface area contributed by atoms with E-state index in [2.05, 4.69) is 34.4 Å². The van der Waals surface area contributed by atoms with E-state index >= 15 is 0 Å². The van der Waals surface area contributed by atoms with E-state index in [-0.39, 0.29) is 5.69 Å². The Morgan fingerprint density at radius 2 is 2.08 bits per heavy atom. The van der Waals surface area contributed by atoms with Crippen molar-refractivity contribution in [3.8, 4) is 5.69 Å². The zero-order valence-electron chi connectivity index (χ0n) is 14.9. The van der Waals surface area contributed by atoms with Crippen LogP contribution in [0.2, 0.25) is 0 Å². The van der Waals surface area contributed by atoms with E-state index < -0.39 is 0 Å². The molecule has 0 saturated heterocycles. The van der Waals surface area contributed by atoms with Crippen molar-refractivity contribution in [1.82, 2.24) is 19.8 Å². The number of thiophene rings is 1. The molecule has 132 valence electrons. The minimum absolute atomic E-state index is 0.265. The Hall–Kier alpha value is -2.61. The molecule has 25 heavy (non-hydrogen) atoms. The summed E-state index contributed by atoms with van der Waals surface area (Å²) in [4.78, 5) is 15.6. The summed E-state index contributed by atoms with van der Waals surface area (Å²) in [6.07, 6.45) is 0.855. The number of aryl methyl sites for hydroxylation is 3. The number of benzene rings is 1. The lowest BCUT2D eigenvalue weighted by molar-refractivity contribution is 0.692. The molecule has 3 rings (SSSR count). The van der Waals surface area contributed by atoms with Gasteiger partial charge < -0.3 is 10.6 Å². The van der Waals surface area contributed by atoms with Gasteiger partial charge in [-0.2, -0.15) is 9.36 Å². The van der Waals surface area contributed by atoms with Crippen LogP contribution in [-0.4, -0.2) is 26.8 Å². The number of hydrogen-bond acceptors (Lipinski definition) is 6. The largest absolute Gasteiger partial charge is 0.390 e. The van der Waals surface area contributed by atoms with Gasteiger partial charge in [0.25, 0.3) is 0 Å². The molecule has 0 unspecified atom stereocenters. The predicted octanol–water partition coefficient (Wildman–Crippen LogP) is 2.12. The number of hydrogen-bond donors (Lipinski definition) is 1. The molecule has 0 spiro atoms. The lowest BCUT2D eigenvalue weighted by atomic mass is 10.1. The van der Waals surface area contributed by atoms with Crippen LogP contribution in [0.25, 0.3) is 5.69 Å². The second kappa shape index (κ2) is 6.72. The number of aromatic nitrogens is 4. The standard InChI is InChI=1S/C17H22N6OS/c1-5-12-7-6-8-14(23-17(24)22(4)19-20-23)15(12)21(3)10-13-9-11(2)16(18)25-13/h6-9H,5,10,18H2,1-4H3. The summed E-state index contributed by atoms with van der Waals surface area (Å²) in [5, 5.41) is 8.68. The van der Waals surface area contributed by atoms with E-state index in [1.54, 1.807) is 18.4 Å². The molecule has 0 aliphatic carbocycles. The van der Waals surface area contributed by atoms with Gasteiger partial charge >= 0.3 is 5.69 Å². The van der Waals surface area contributed by atoms with Crippen LogP contribution in [0.15, 0.2) is 29.1 Å². The summed E-state index contributed by atoms with van der Waals surface area (Å²) in [6, 6.07) is 8.03. The molecule has 2 N–H and O–H groups in total. The first-order chi connectivity index (χ1) is 11.9. The summed E-state index contributed by atoms with van der Waals surface area (Å²) in [6.45, 7) is 4.82. The topological polar surface area (TPSA) is 82.0 Å². The van der Waals surface area contributed by atoms with E-state index in [0.29, 0.717) is 6.54 Å². The van der Waals surface area contributed by atoms with Crippen molar-refractivity contribution in [3.63, 3.8) is 0 Å². The molecule has 7 nitrogen and oxygen atoms in total. The van der Waals surface area contributed by atoms with Crippen molar-refractivity contribution >= 4 is 22.0 Å². The minimum Gasteiger partial charge on any atom is -0.390 e. The van der Waals surface area contributed by atoms with Crippen LogP contribution in [0.3, 0.4) is 0 Å². The Balaban J connectivity index is 2.07. The number of tetrazole rings is 1. The third-order valence-corrected chi connectivity index (χ3v) is 5.26. The quantitative estimate of drug-likeness (QED) is 0.755. The fourth-order valence-corrected chi connectivity index (χ4v) is 3.89. The van der Waals surface area contributed by atoms with Crippen LogP contribution in [0.5, 0.6) is 0 Å². The predicted molar refractivity (Wildman–Crippen MR) is 102 cm³/mol. The van der Waals surface area contributed by atoms with Crippen molar-refractivity contribution in [3.05, 3.63) is 50.8 Å². The third-order valence-electron chi connectivity index (χ3n) is 4.21. The zero-order valence-corrected chi connectivity index (χ0v) is 15.7. The fourth-order valence-electron chi connectivity index (χ4n) is 2.89. The van der Waals surface area contributed by atoms with Gasteiger partial charge in [-0.15, -0.1) is 11.3 Å². The van der Waals surface area contributed by atoms with Gasteiger partial charge in [-0.1, -0.05) is 19.1 Å². The summed E-state index contributed by atoms with van der Waals surface area (Å²) >= 11 is 1.60. The Bertz CT molecular complexity index is 935. The first-order valence-electron chi connectivity index (χ1n) is 8.09. The van der Waals surface area contributed by atoms with E-state index in [0.717, 1.165) is 33.9 Å². The molecular formula is C17H22N6OS. The second-order valence-electron chi connectivity index (χ2n) is 6.05. The monoisotopic (exact) mass is 358 g/mol. The fraction of sp³-hybridized carbons (Fsp3) is 0.353. The van der Waals surface area contributed by atoms with Gasteiger partial charge in [-0.25, -0.2) is 4.79 Å². The molecule has 2 aromatic heterocycles. The molecule has 8 heteroatoms. The summed E-state index contributed by atoms with van der Waals surface area (Å²) in [7, 11) is 3.61. The number of para-hydroxylation sites is 1. The molecule has 0 bridgehead atoms. The number of nitrogens with zero attached hydrogens (tertiary/aromatic N) is 5. The SMILES string of the molecule is CCc1cccc(-n2nnn(C)c2=O)c1N(C)Cc1cc(C)c(N)s1. The average Bonchev–Trinajstić information content (AvgIpc) is 3.08. The number of nitrogens with two attached hydrogens (primary N) is 1. The highest BCUT2D eigenvalue weighted by atomic mass is 32.1. The van der Waals surface area contributed by atoms with E-state index in [9.17, 15) is 4.79 Å². The minimum atomic E-state index is -0.265. The van der Waals surface area contributed by atoms with Crippen molar-refractivity contribution in [1.29, 1.82) is 0 Å². The van der Waals surface area contributed by atoms with Crippen molar-refractivity contribution in [2.24, 2.45) is 7.05 Å². The van der Waals surface area contributed by atoms with Crippen LogP contribution in [0, 0.1) is 6.92 Å². The normalized spacial score (nSPS) is 11.0. The first-order valence-corrected chi connectivity index (χ1v) is 8.91. The first kappa shape index (κ1) is 17.2. The zero-order chi connectivity index (χ0) is 18.1. The third kappa shape index (κ3) is 3.17. The molecular weight excluding hydrogens is 336 g/mol. The molecule has 0 saturated carbocycles.